The normalized spacial score (nSPS) is 10.8. The van der Waals surface area contributed by atoms with Crippen LogP contribution in [0.1, 0.15) is 38.7 Å². The molecule has 1 amide bonds. The molecule has 0 unspecified atom stereocenters. The molecule has 2 rings (SSSR count). The summed E-state index contributed by atoms with van der Waals surface area (Å²) >= 11 is 0. The van der Waals surface area contributed by atoms with Crippen LogP contribution in [-0.4, -0.2) is 44.2 Å². The average Bonchev–Trinajstić information content (AvgIpc) is 2.78. The molecule has 0 aliphatic rings. The van der Waals surface area contributed by atoms with Crippen molar-refractivity contribution in [3.05, 3.63) is 60.2 Å². The highest BCUT2D eigenvalue weighted by molar-refractivity contribution is 5.91. The van der Waals surface area contributed by atoms with Crippen molar-refractivity contribution in [3.63, 3.8) is 0 Å². The second-order valence-electron chi connectivity index (χ2n) is 6.93. The molecule has 0 fully saturated rings. The van der Waals surface area contributed by atoms with Gasteiger partial charge in [0.05, 0.1) is 20.3 Å². The number of benzene rings is 2. The highest BCUT2D eigenvalue weighted by atomic mass is 16.5. The van der Waals surface area contributed by atoms with Crippen LogP contribution in [0, 0.1) is 0 Å². The quantitative estimate of drug-likeness (QED) is 0.336. The third kappa shape index (κ3) is 7.82. The molecule has 5 heteroatoms. The van der Waals surface area contributed by atoms with Gasteiger partial charge in [-0.15, -0.1) is 0 Å². The van der Waals surface area contributed by atoms with Crippen molar-refractivity contribution >= 4 is 12.0 Å². The smallest absolute Gasteiger partial charge is 0.246 e. The van der Waals surface area contributed by atoms with Gasteiger partial charge in [-0.05, 0) is 48.7 Å². The van der Waals surface area contributed by atoms with E-state index >= 15 is 0 Å². The lowest BCUT2D eigenvalue weighted by molar-refractivity contribution is -0.126. The molecule has 2 aromatic rings. The highest BCUT2D eigenvalue weighted by Gasteiger charge is 2.09. The van der Waals surface area contributed by atoms with Gasteiger partial charge in [0, 0.05) is 25.6 Å². The van der Waals surface area contributed by atoms with Crippen LogP contribution in [0.25, 0.3) is 6.08 Å². The first-order valence-electron chi connectivity index (χ1n) is 10.6. The van der Waals surface area contributed by atoms with Gasteiger partial charge in [-0.3, -0.25) is 4.79 Å². The predicted octanol–water partition coefficient (Wildman–Crippen LogP) is 5.20. The molecular formula is C25H33NO4. The van der Waals surface area contributed by atoms with E-state index in [1.54, 1.807) is 13.2 Å². The lowest BCUT2D eigenvalue weighted by atomic mass is 10.2. The van der Waals surface area contributed by atoms with Gasteiger partial charge in [-0.25, -0.2) is 0 Å². The Bertz CT molecular complexity index is 783. The fraction of sp³-hybridized carbons (Fsp3) is 0.400. The molecule has 0 aliphatic carbocycles. The number of amides is 1. The van der Waals surface area contributed by atoms with Crippen LogP contribution in [0.4, 0.5) is 0 Å². The molecule has 5 nitrogen and oxygen atoms in total. The van der Waals surface area contributed by atoms with E-state index < -0.39 is 0 Å². The minimum Gasteiger partial charge on any atom is -0.493 e. The molecule has 30 heavy (non-hydrogen) atoms. The number of hydrogen-bond acceptors (Lipinski definition) is 4. The van der Waals surface area contributed by atoms with Gasteiger partial charge in [0.25, 0.3) is 0 Å². The van der Waals surface area contributed by atoms with E-state index in [0.29, 0.717) is 24.7 Å². The third-order valence-electron chi connectivity index (χ3n) is 4.46. The SMILES string of the molecule is CCCN(CCC)C(=O)/C=C/c1ccc(OCCCOc2ccccc2)c(OC)c1. The Labute approximate surface area is 180 Å². The Morgan fingerprint density at radius 3 is 2.30 bits per heavy atom. The maximum Gasteiger partial charge on any atom is 0.246 e. The molecule has 0 bridgehead atoms. The van der Waals surface area contributed by atoms with E-state index in [9.17, 15) is 4.79 Å². The number of para-hydroxylation sites is 1. The third-order valence-corrected chi connectivity index (χ3v) is 4.46. The predicted molar refractivity (Wildman–Crippen MR) is 121 cm³/mol. The summed E-state index contributed by atoms with van der Waals surface area (Å²) in [5.41, 5.74) is 0.896. The highest BCUT2D eigenvalue weighted by Crippen LogP contribution is 2.28. The van der Waals surface area contributed by atoms with Crippen LogP contribution in [0.3, 0.4) is 0 Å². The summed E-state index contributed by atoms with van der Waals surface area (Å²) in [5.74, 6) is 2.22. The number of carbonyl (C=O) groups is 1. The summed E-state index contributed by atoms with van der Waals surface area (Å²) in [6.45, 7) is 6.83. The number of methoxy groups -OCH3 is 1. The van der Waals surface area contributed by atoms with Gasteiger partial charge in [-0.2, -0.15) is 0 Å². The van der Waals surface area contributed by atoms with Crippen molar-refractivity contribution in [1.29, 1.82) is 0 Å². The zero-order valence-corrected chi connectivity index (χ0v) is 18.3. The molecule has 0 N–H and O–H groups in total. The monoisotopic (exact) mass is 411 g/mol. The molecule has 0 saturated heterocycles. The molecule has 0 spiro atoms. The van der Waals surface area contributed by atoms with Crippen molar-refractivity contribution in [2.75, 3.05) is 33.4 Å². The lowest BCUT2D eigenvalue weighted by Gasteiger charge is -2.19. The van der Waals surface area contributed by atoms with Crippen molar-refractivity contribution < 1.29 is 19.0 Å². The molecule has 0 heterocycles. The van der Waals surface area contributed by atoms with E-state index in [1.165, 1.54) is 0 Å². The van der Waals surface area contributed by atoms with Crippen molar-refractivity contribution in [1.82, 2.24) is 4.90 Å². The zero-order chi connectivity index (χ0) is 21.6. The van der Waals surface area contributed by atoms with Crippen molar-refractivity contribution in [3.8, 4) is 17.2 Å². The average molecular weight is 412 g/mol. The minimum atomic E-state index is 0.0383. The van der Waals surface area contributed by atoms with Gasteiger partial charge in [-0.1, -0.05) is 38.1 Å². The fourth-order valence-corrected chi connectivity index (χ4v) is 3.00. The molecular weight excluding hydrogens is 378 g/mol. The van der Waals surface area contributed by atoms with E-state index in [2.05, 4.69) is 13.8 Å². The Morgan fingerprint density at radius 1 is 0.933 bits per heavy atom. The van der Waals surface area contributed by atoms with Crippen molar-refractivity contribution in [2.45, 2.75) is 33.1 Å². The molecule has 0 atom stereocenters. The van der Waals surface area contributed by atoms with Gasteiger partial charge >= 0.3 is 0 Å². The number of ether oxygens (including phenoxy) is 3. The topological polar surface area (TPSA) is 48.0 Å². The second kappa shape index (κ2) is 13.3. The summed E-state index contributed by atoms with van der Waals surface area (Å²) in [6, 6.07) is 15.4. The molecule has 0 saturated carbocycles. The fourth-order valence-electron chi connectivity index (χ4n) is 3.00. The standard InChI is InChI=1S/C25H33NO4/c1-4-16-26(17-5-2)25(27)15-13-21-12-14-23(24(20-21)28-3)30-19-9-18-29-22-10-7-6-8-11-22/h6-8,10-15,20H,4-5,9,16-19H2,1-3H3/b15-13+. The summed E-state index contributed by atoms with van der Waals surface area (Å²) < 4.78 is 17.0. The Balaban J connectivity index is 1.86. The van der Waals surface area contributed by atoms with Gasteiger partial charge < -0.3 is 19.1 Å². The van der Waals surface area contributed by atoms with Crippen LogP contribution in [0.2, 0.25) is 0 Å². The van der Waals surface area contributed by atoms with Gasteiger partial charge in [0.1, 0.15) is 5.75 Å². The summed E-state index contributed by atoms with van der Waals surface area (Å²) in [6.07, 6.45) is 6.12. The van der Waals surface area contributed by atoms with Crippen LogP contribution in [0.5, 0.6) is 17.2 Å². The van der Waals surface area contributed by atoms with Crippen LogP contribution in [-0.2, 0) is 4.79 Å². The molecule has 0 radical (unpaired) electrons. The number of nitrogens with zero attached hydrogens (tertiary/aromatic N) is 1. The van der Waals surface area contributed by atoms with Crippen LogP contribution < -0.4 is 14.2 Å². The first kappa shape index (κ1) is 23.3. The first-order valence-corrected chi connectivity index (χ1v) is 10.6. The van der Waals surface area contributed by atoms with E-state index in [-0.39, 0.29) is 5.91 Å². The maximum absolute atomic E-state index is 12.4. The van der Waals surface area contributed by atoms with Gasteiger partial charge in [0.15, 0.2) is 11.5 Å². The second-order valence-corrected chi connectivity index (χ2v) is 6.93. The lowest BCUT2D eigenvalue weighted by Crippen LogP contribution is -2.30. The summed E-state index contributed by atoms with van der Waals surface area (Å²) in [4.78, 5) is 14.3. The van der Waals surface area contributed by atoms with Crippen LogP contribution >= 0.6 is 0 Å². The largest absolute Gasteiger partial charge is 0.493 e. The number of rotatable bonds is 13. The zero-order valence-electron chi connectivity index (χ0n) is 18.3. The Kier molecular flexibility index (Phi) is 10.3. The Hall–Kier alpha value is -2.95. The van der Waals surface area contributed by atoms with E-state index in [1.807, 2.05) is 59.5 Å². The first-order chi connectivity index (χ1) is 14.7. The molecule has 2 aromatic carbocycles. The summed E-state index contributed by atoms with van der Waals surface area (Å²) in [5, 5.41) is 0. The number of carbonyl (C=O) groups excluding carboxylic acids is 1. The molecule has 0 aromatic heterocycles. The Morgan fingerprint density at radius 2 is 1.63 bits per heavy atom. The number of hydrogen-bond donors (Lipinski definition) is 0. The van der Waals surface area contributed by atoms with E-state index in [0.717, 1.165) is 43.7 Å². The van der Waals surface area contributed by atoms with Gasteiger partial charge in [0.2, 0.25) is 5.91 Å². The summed E-state index contributed by atoms with van der Waals surface area (Å²) in [7, 11) is 1.61. The molecule has 0 aliphatic heterocycles. The van der Waals surface area contributed by atoms with E-state index in [4.69, 9.17) is 14.2 Å². The maximum atomic E-state index is 12.4. The minimum absolute atomic E-state index is 0.0383. The van der Waals surface area contributed by atoms with Crippen LogP contribution in [0.15, 0.2) is 54.6 Å². The molecule has 162 valence electrons. The van der Waals surface area contributed by atoms with Crippen molar-refractivity contribution in [2.24, 2.45) is 0 Å².